The van der Waals surface area contributed by atoms with Crippen molar-refractivity contribution in [2.45, 2.75) is 0 Å². The van der Waals surface area contributed by atoms with E-state index in [2.05, 4.69) is 26.2 Å². The number of nitrogens with two attached hydrogens (primary N) is 1. The first-order chi connectivity index (χ1) is 10.5. The van der Waals surface area contributed by atoms with Crippen LogP contribution in [-0.2, 0) is 4.74 Å². The van der Waals surface area contributed by atoms with Crippen molar-refractivity contribution in [3.63, 3.8) is 0 Å². The summed E-state index contributed by atoms with van der Waals surface area (Å²) >= 11 is 3.29. The van der Waals surface area contributed by atoms with Crippen LogP contribution < -0.4 is 11.1 Å². The molecule has 5 nitrogen and oxygen atoms in total. The Hall–Kier alpha value is -1.99. The van der Waals surface area contributed by atoms with Gasteiger partial charge in [-0.25, -0.2) is 9.37 Å². The summed E-state index contributed by atoms with van der Waals surface area (Å²) in [7, 11) is 1.58. The van der Waals surface area contributed by atoms with E-state index in [1.807, 2.05) is 0 Å². The minimum atomic E-state index is -0.683. The van der Waals surface area contributed by atoms with Crippen LogP contribution >= 0.6 is 15.9 Å². The number of halogens is 2. The van der Waals surface area contributed by atoms with Crippen LogP contribution in [0.2, 0.25) is 0 Å². The van der Waals surface area contributed by atoms with E-state index in [0.717, 1.165) is 0 Å². The summed E-state index contributed by atoms with van der Waals surface area (Å²) in [5.74, 6) is -1.11. The molecule has 0 aliphatic carbocycles. The molecule has 22 heavy (non-hydrogen) atoms. The van der Waals surface area contributed by atoms with E-state index in [4.69, 9.17) is 10.5 Å². The number of carbonyl (C=O) groups is 1. The second-order valence-electron chi connectivity index (χ2n) is 4.50. The van der Waals surface area contributed by atoms with E-state index in [1.54, 1.807) is 31.4 Å². The highest BCUT2D eigenvalue weighted by Crippen LogP contribution is 2.27. The third kappa shape index (κ3) is 3.80. The average molecular weight is 368 g/mol. The van der Waals surface area contributed by atoms with E-state index in [0.29, 0.717) is 34.6 Å². The van der Waals surface area contributed by atoms with Gasteiger partial charge in [0.15, 0.2) is 5.69 Å². The second kappa shape index (κ2) is 7.33. The molecule has 7 heteroatoms. The number of rotatable bonds is 6. The van der Waals surface area contributed by atoms with Gasteiger partial charge in [-0.3, -0.25) is 4.79 Å². The molecular weight excluding hydrogens is 353 g/mol. The van der Waals surface area contributed by atoms with Crippen LogP contribution in [0.15, 0.2) is 34.8 Å². The number of aromatic nitrogens is 1. The molecule has 0 bridgehead atoms. The number of nitrogens with one attached hydrogen (secondary N) is 1. The van der Waals surface area contributed by atoms with Crippen molar-refractivity contribution in [2.24, 2.45) is 5.73 Å². The highest BCUT2D eigenvalue weighted by molar-refractivity contribution is 9.10. The Morgan fingerprint density at radius 1 is 1.41 bits per heavy atom. The summed E-state index contributed by atoms with van der Waals surface area (Å²) in [6.45, 7) is 0.975. The van der Waals surface area contributed by atoms with E-state index in [-0.39, 0.29) is 5.69 Å². The molecular formula is C15H15BrFN3O2. The Kier molecular flexibility index (Phi) is 5.46. The largest absolute Gasteiger partial charge is 0.383 e. The van der Waals surface area contributed by atoms with Gasteiger partial charge in [0.1, 0.15) is 5.82 Å². The molecule has 0 saturated carbocycles. The Morgan fingerprint density at radius 2 is 2.18 bits per heavy atom. The minimum absolute atomic E-state index is 0.0629. The molecule has 0 unspecified atom stereocenters. The number of hydrogen-bond donors (Lipinski definition) is 2. The zero-order valence-corrected chi connectivity index (χ0v) is 13.5. The van der Waals surface area contributed by atoms with Gasteiger partial charge in [0.2, 0.25) is 0 Å². The molecule has 0 aliphatic rings. The Bertz CT molecular complexity index is 694. The quantitative estimate of drug-likeness (QED) is 0.769. The lowest BCUT2D eigenvalue weighted by atomic mass is 10.1. The number of methoxy groups -OCH3 is 1. The lowest BCUT2D eigenvalue weighted by Gasteiger charge is -2.11. The first kappa shape index (κ1) is 16.4. The van der Waals surface area contributed by atoms with Crippen molar-refractivity contribution in [1.82, 2.24) is 4.98 Å². The van der Waals surface area contributed by atoms with Crippen molar-refractivity contribution >= 4 is 27.5 Å². The van der Waals surface area contributed by atoms with Crippen LogP contribution in [0.1, 0.15) is 10.5 Å². The van der Waals surface area contributed by atoms with Gasteiger partial charge in [0.05, 0.1) is 18.0 Å². The monoisotopic (exact) mass is 367 g/mol. The molecule has 0 fully saturated rings. The van der Waals surface area contributed by atoms with Gasteiger partial charge in [-0.1, -0.05) is 15.9 Å². The lowest BCUT2D eigenvalue weighted by molar-refractivity contribution is 0.0996. The predicted molar refractivity (Wildman–Crippen MR) is 86.2 cm³/mol. The molecule has 0 atom stereocenters. The van der Waals surface area contributed by atoms with Crippen molar-refractivity contribution in [3.8, 4) is 11.3 Å². The third-order valence-corrected chi connectivity index (χ3v) is 3.45. The summed E-state index contributed by atoms with van der Waals surface area (Å²) in [5.41, 5.74) is 6.54. The molecule has 0 spiro atoms. The number of carbonyl (C=O) groups excluding carboxylic acids is 1. The van der Waals surface area contributed by atoms with E-state index in [9.17, 15) is 9.18 Å². The lowest BCUT2D eigenvalue weighted by Crippen LogP contribution is -2.18. The van der Waals surface area contributed by atoms with Crippen molar-refractivity contribution in [2.75, 3.05) is 25.6 Å². The molecule has 116 valence electrons. The molecule has 2 aromatic rings. The Morgan fingerprint density at radius 3 is 2.86 bits per heavy atom. The molecule has 1 aromatic carbocycles. The van der Waals surface area contributed by atoms with Crippen LogP contribution in [0, 0.1) is 5.82 Å². The first-order valence-electron chi connectivity index (χ1n) is 6.52. The van der Waals surface area contributed by atoms with Gasteiger partial charge in [-0.2, -0.15) is 0 Å². The van der Waals surface area contributed by atoms with Gasteiger partial charge in [-0.15, -0.1) is 0 Å². The maximum Gasteiger partial charge on any atom is 0.269 e. The molecule has 1 aromatic heterocycles. The molecule has 1 heterocycles. The average Bonchev–Trinajstić information content (AvgIpc) is 2.50. The fraction of sp³-hybridized carbons (Fsp3) is 0.200. The molecule has 2 rings (SSSR count). The molecule has 0 radical (unpaired) electrons. The number of ether oxygens (including phenoxy) is 1. The van der Waals surface area contributed by atoms with E-state index < -0.39 is 11.7 Å². The van der Waals surface area contributed by atoms with Crippen LogP contribution in [0.3, 0.4) is 0 Å². The SMILES string of the molecule is COCCNc1ccc(-c2cc(Br)ccc2F)nc1C(N)=O. The normalized spacial score (nSPS) is 10.5. The van der Waals surface area contributed by atoms with Crippen molar-refractivity contribution in [3.05, 3.63) is 46.3 Å². The summed E-state index contributed by atoms with van der Waals surface area (Å²) in [5, 5.41) is 3.01. The number of benzene rings is 1. The standard InChI is InChI=1S/C15H15BrFN3O2/c1-22-7-6-19-13-5-4-12(20-14(13)15(18)21)10-8-9(16)2-3-11(10)17/h2-5,8,19H,6-7H2,1H3,(H2,18,21). The minimum Gasteiger partial charge on any atom is -0.383 e. The number of nitrogens with zero attached hydrogens (tertiary/aromatic N) is 1. The molecule has 3 N–H and O–H groups in total. The Labute approximate surface area is 135 Å². The highest BCUT2D eigenvalue weighted by Gasteiger charge is 2.14. The summed E-state index contributed by atoms with van der Waals surface area (Å²) < 4.78 is 19.6. The molecule has 0 saturated heterocycles. The summed E-state index contributed by atoms with van der Waals surface area (Å²) in [6, 6.07) is 7.80. The topological polar surface area (TPSA) is 77.2 Å². The van der Waals surface area contributed by atoms with Gasteiger partial charge in [0, 0.05) is 23.7 Å². The smallest absolute Gasteiger partial charge is 0.269 e. The van der Waals surface area contributed by atoms with Crippen LogP contribution in [0.5, 0.6) is 0 Å². The van der Waals surface area contributed by atoms with E-state index >= 15 is 0 Å². The zero-order chi connectivity index (χ0) is 16.1. The molecule has 0 aliphatic heterocycles. The van der Waals surface area contributed by atoms with Crippen LogP contribution in [0.4, 0.5) is 10.1 Å². The number of amides is 1. The fourth-order valence-corrected chi connectivity index (χ4v) is 2.28. The summed E-state index contributed by atoms with van der Waals surface area (Å²) in [4.78, 5) is 15.8. The summed E-state index contributed by atoms with van der Waals surface area (Å²) in [6.07, 6.45) is 0. The Balaban J connectivity index is 2.40. The number of hydrogen-bond acceptors (Lipinski definition) is 4. The molecule has 1 amide bonds. The van der Waals surface area contributed by atoms with Gasteiger partial charge in [0.25, 0.3) is 5.91 Å². The number of anilines is 1. The third-order valence-electron chi connectivity index (χ3n) is 2.95. The first-order valence-corrected chi connectivity index (χ1v) is 7.31. The van der Waals surface area contributed by atoms with Crippen LogP contribution in [0.25, 0.3) is 11.3 Å². The fourth-order valence-electron chi connectivity index (χ4n) is 1.92. The van der Waals surface area contributed by atoms with Gasteiger partial charge in [-0.05, 0) is 30.3 Å². The van der Waals surface area contributed by atoms with E-state index in [1.165, 1.54) is 6.07 Å². The second-order valence-corrected chi connectivity index (χ2v) is 5.42. The maximum absolute atomic E-state index is 13.9. The van der Waals surface area contributed by atoms with Crippen LogP contribution in [-0.4, -0.2) is 31.2 Å². The predicted octanol–water partition coefficient (Wildman–Crippen LogP) is 2.81. The van der Waals surface area contributed by atoms with Crippen molar-refractivity contribution < 1.29 is 13.9 Å². The number of pyridine rings is 1. The zero-order valence-electron chi connectivity index (χ0n) is 11.9. The van der Waals surface area contributed by atoms with Gasteiger partial charge < -0.3 is 15.8 Å². The van der Waals surface area contributed by atoms with Crippen molar-refractivity contribution in [1.29, 1.82) is 0 Å². The maximum atomic E-state index is 13.9. The highest BCUT2D eigenvalue weighted by atomic mass is 79.9. The number of primary amides is 1. The van der Waals surface area contributed by atoms with Gasteiger partial charge >= 0.3 is 0 Å².